The van der Waals surface area contributed by atoms with E-state index in [0.29, 0.717) is 5.65 Å². The fraction of sp³-hybridized carbons (Fsp3) is 0.0526. The van der Waals surface area contributed by atoms with Gasteiger partial charge in [0.25, 0.3) is 0 Å². The van der Waals surface area contributed by atoms with Crippen LogP contribution in [0.15, 0.2) is 60.5 Å². The molecule has 0 amide bonds. The van der Waals surface area contributed by atoms with Crippen LogP contribution in [0.5, 0.6) is 0 Å². The molecule has 0 aliphatic heterocycles. The van der Waals surface area contributed by atoms with Gasteiger partial charge in [0.05, 0.1) is 27.8 Å². The summed E-state index contributed by atoms with van der Waals surface area (Å²) in [6.45, 7) is 0. The number of fused-ring (bicyclic) bond motifs is 1. The molecule has 6 nitrogen and oxygen atoms in total. The zero-order chi connectivity index (χ0) is 17.5. The summed E-state index contributed by atoms with van der Waals surface area (Å²) in [6.07, 6.45) is 7.38. The molecule has 5 heterocycles. The zero-order valence-corrected chi connectivity index (χ0v) is 14.7. The molecular weight excluding hydrogens is 344 g/mol. The van der Waals surface area contributed by atoms with Gasteiger partial charge in [-0.2, -0.15) is 10.2 Å². The highest BCUT2D eigenvalue weighted by atomic mass is 32.1. The molecule has 7 heteroatoms. The number of hydrogen-bond acceptors (Lipinski definition) is 5. The molecule has 0 aliphatic rings. The summed E-state index contributed by atoms with van der Waals surface area (Å²) in [5.41, 5.74) is 5.66. The van der Waals surface area contributed by atoms with Gasteiger partial charge in [-0.1, -0.05) is 6.07 Å². The Hall–Kier alpha value is -3.32. The molecule has 26 heavy (non-hydrogen) atoms. The Morgan fingerprint density at radius 2 is 2.00 bits per heavy atom. The first kappa shape index (κ1) is 15.0. The molecule has 0 bridgehead atoms. The molecule has 0 fully saturated rings. The molecule has 0 aliphatic carbocycles. The lowest BCUT2D eigenvalue weighted by atomic mass is 10.0. The number of H-pyrrole nitrogens is 1. The van der Waals surface area contributed by atoms with Crippen LogP contribution >= 0.6 is 11.3 Å². The number of aromatic nitrogens is 6. The normalized spacial score (nSPS) is 11.3. The van der Waals surface area contributed by atoms with E-state index < -0.39 is 0 Å². The van der Waals surface area contributed by atoms with Gasteiger partial charge in [0.1, 0.15) is 0 Å². The van der Waals surface area contributed by atoms with Crippen molar-refractivity contribution in [2.45, 2.75) is 0 Å². The number of rotatable bonds is 3. The molecule has 5 rings (SSSR count). The average molecular weight is 358 g/mol. The van der Waals surface area contributed by atoms with Crippen LogP contribution in [0.2, 0.25) is 0 Å². The summed E-state index contributed by atoms with van der Waals surface area (Å²) >= 11 is 1.68. The van der Waals surface area contributed by atoms with E-state index in [9.17, 15) is 0 Å². The van der Waals surface area contributed by atoms with E-state index in [1.165, 1.54) is 0 Å². The summed E-state index contributed by atoms with van der Waals surface area (Å²) < 4.78 is 1.77. The molecule has 0 radical (unpaired) electrons. The number of nitrogens with one attached hydrogen (secondary N) is 1. The zero-order valence-electron chi connectivity index (χ0n) is 13.9. The lowest BCUT2D eigenvalue weighted by Crippen LogP contribution is -1.89. The molecule has 0 spiro atoms. The van der Waals surface area contributed by atoms with Crippen molar-refractivity contribution in [1.29, 1.82) is 0 Å². The Bertz CT molecular complexity index is 1190. The number of aryl methyl sites for hydroxylation is 1. The second-order valence-corrected chi connectivity index (χ2v) is 6.92. The van der Waals surface area contributed by atoms with E-state index >= 15 is 0 Å². The fourth-order valence-electron chi connectivity index (χ4n) is 3.08. The maximum Gasteiger partial charge on any atom is 0.182 e. The maximum absolute atomic E-state index is 4.77. The fourth-order valence-corrected chi connectivity index (χ4v) is 3.81. The van der Waals surface area contributed by atoms with Crippen LogP contribution < -0.4 is 0 Å². The van der Waals surface area contributed by atoms with Crippen LogP contribution in [0.4, 0.5) is 0 Å². The number of thiophene rings is 1. The number of pyridine rings is 2. The van der Waals surface area contributed by atoms with Crippen molar-refractivity contribution in [3.05, 3.63) is 60.5 Å². The molecule has 126 valence electrons. The Balaban J connectivity index is 1.83. The van der Waals surface area contributed by atoms with Crippen molar-refractivity contribution in [2.75, 3.05) is 0 Å². The Labute approximate surface area is 153 Å². The van der Waals surface area contributed by atoms with Crippen molar-refractivity contribution >= 4 is 22.4 Å². The Kier molecular flexibility index (Phi) is 3.39. The first-order chi connectivity index (χ1) is 12.8. The molecule has 0 saturated heterocycles. The van der Waals surface area contributed by atoms with Gasteiger partial charge in [-0.25, -0.2) is 4.98 Å². The summed E-state index contributed by atoms with van der Waals surface area (Å²) in [6, 6.07) is 10.2. The van der Waals surface area contributed by atoms with E-state index in [-0.39, 0.29) is 0 Å². The lowest BCUT2D eigenvalue weighted by molar-refractivity contribution is 0.768. The first-order valence-corrected chi connectivity index (χ1v) is 9.00. The van der Waals surface area contributed by atoms with Gasteiger partial charge < -0.3 is 0 Å². The average Bonchev–Trinajstić information content (AvgIpc) is 3.41. The van der Waals surface area contributed by atoms with Gasteiger partial charge in [0.2, 0.25) is 0 Å². The summed E-state index contributed by atoms with van der Waals surface area (Å²) in [7, 11) is 1.90. The molecular formula is C19H14N6S. The van der Waals surface area contributed by atoms with Crippen LogP contribution in [0.1, 0.15) is 0 Å². The minimum absolute atomic E-state index is 0.696. The molecule has 1 N–H and O–H groups in total. The predicted octanol–water partition coefficient (Wildman–Crippen LogP) is 4.15. The standard InChI is InChI=1S/C19H14N6S/c1-25-11-13(10-21-25)15-9-14(12-4-6-20-7-5-12)17-18(16-3-2-8-26-16)23-24-19(17)22-15/h2-11H,1H3,(H,22,23,24). The van der Waals surface area contributed by atoms with Gasteiger partial charge in [-0.3, -0.25) is 14.8 Å². The van der Waals surface area contributed by atoms with Gasteiger partial charge in [0, 0.05) is 31.2 Å². The largest absolute Gasteiger partial charge is 0.275 e. The second-order valence-electron chi connectivity index (χ2n) is 5.97. The van der Waals surface area contributed by atoms with Crippen molar-refractivity contribution in [3.63, 3.8) is 0 Å². The highest BCUT2D eigenvalue weighted by molar-refractivity contribution is 7.13. The summed E-state index contributed by atoms with van der Waals surface area (Å²) in [4.78, 5) is 10.1. The Morgan fingerprint density at radius 1 is 1.12 bits per heavy atom. The molecule has 5 aromatic rings. The highest BCUT2D eigenvalue weighted by Gasteiger charge is 2.17. The maximum atomic E-state index is 4.77. The third kappa shape index (κ3) is 2.41. The molecule has 5 aromatic heterocycles. The molecule has 0 unspecified atom stereocenters. The summed E-state index contributed by atoms with van der Waals surface area (Å²) in [5, 5.41) is 15.0. The molecule has 0 saturated carbocycles. The van der Waals surface area contributed by atoms with Crippen LogP contribution in [0.3, 0.4) is 0 Å². The quantitative estimate of drug-likeness (QED) is 0.526. The molecule has 0 atom stereocenters. The van der Waals surface area contributed by atoms with E-state index in [1.807, 2.05) is 37.6 Å². The van der Waals surface area contributed by atoms with Crippen molar-refractivity contribution in [2.24, 2.45) is 7.05 Å². The van der Waals surface area contributed by atoms with Crippen LogP contribution in [0, 0.1) is 0 Å². The van der Waals surface area contributed by atoms with Crippen molar-refractivity contribution < 1.29 is 0 Å². The first-order valence-electron chi connectivity index (χ1n) is 8.12. The minimum atomic E-state index is 0.696. The number of aromatic amines is 1. The van der Waals surface area contributed by atoms with E-state index in [2.05, 4.69) is 37.8 Å². The van der Waals surface area contributed by atoms with Gasteiger partial charge in [0.15, 0.2) is 5.65 Å². The van der Waals surface area contributed by atoms with E-state index in [1.54, 1.807) is 28.4 Å². The topological polar surface area (TPSA) is 72.3 Å². The van der Waals surface area contributed by atoms with Gasteiger partial charge >= 0.3 is 0 Å². The Morgan fingerprint density at radius 3 is 2.73 bits per heavy atom. The third-order valence-electron chi connectivity index (χ3n) is 4.28. The number of nitrogens with zero attached hydrogens (tertiary/aromatic N) is 5. The van der Waals surface area contributed by atoms with E-state index in [0.717, 1.165) is 38.3 Å². The smallest absolute Gasteiger partial charge is 0.182 e. The lowest BCUT2D eigenvalue weighted by Gasteiger charge is -2.07. The van der Waals surface area contributed by atoms with Crippen LogP contribution in [-0.4, -0.2) is 29.9 Å². The van der Waals surface area contributed by atoms with Gasteiger partial charge in [-0.05, 0) is 40.8 Å². The van der Waals surface area contributed by atoms with Crippen molar-refractivity contribution in [3.8, 4) is 33.0 Å². The van der Waals surface area contributed by atoms with Crippen LogP contribution in [0.25, 0.3) is 44.0 Å². The van der Waals surface area contributed by atoms with Crippen LogP contribution in [-0.2, 0) is 7.05 Å². The number of hydrogen-bond donors (Lipinski definition) is 1. The summed E-state index contributed by atoms with van der Waals surface area (Å²) in [5.74, 6) is 0. The van der Waals surface area contributed by atoms with Crippen molar-refractivity contribution in [1.82, 2.24) is 29.9 Å². The monoisotopic (exact) mass is 358 g/mol. The third-order valence-corrected chi connectivity index (χ3v) is 5.17. The minimum Gasteiger partial charge on any atom is -0.275 e. The predicted molar refractivity (Wildman–Crippen MR) is 103 cm³/mol. The highest BCUT2D eigenvalue weighted by Crippen LogP contribution is 2.37. The SMILES string of the molecule is Cn1cc(-c2cc(-c3ccncc3)c3c(-c4cccs4)[nH]nc3n2)cn1. The van der Waals surface area contributed by atoms with Gasteiger partial charge in [-0.15, -0.1) is 11.3 Å². The van der Waals surface area contributed by atoms with E-state index in [4.69, 9.17) is 4.98 Å². The second kappa shape index (κ2) is 5.89. The molecule has 0 aromatic carbocycles.